The van der Waals surface area contributed by atoms with Gasteiger partial charge in [-0.1, -0.05) is 0 Å². The first kappa shape index (κ1) is 20.2. The van der Waals surface area contributed by atoms with E-state index in [9.17, 15) is 14.4 Å². The molecule has 0 spiro atoms. The number of piperazine rings is 1. The SMILES string of the molecule is O=C(COc1coc(C[NH+]2CCN(C(=O)c3ccco3)CC2)cc1=O)N1CCCC1. The molecule has 0 aromatic carbocycles. The zero-order chi connectivity index (χ0) is 20.9. The summed E-state index contributed by atoms with van der Waals surface area (Å²) in [4.78, 5) is 41.4. The maximum Gasteiger partial charge on any atom is 0.289 e. The van der Waals surface area contributed by atoms with E-state index in [2.05, 4.69) is 0 Å². The number of amides is 2. The first-order valence-electron chi connectivity index (χ1n) is 10.3. The van der Waals surface area contributed by atoms with E-state index in [0.29, 0.717) is 31.2 Å². The molecule has 160 valence electrons. The molecule has 30 heavy (non-hydrogen) atoms. The highest BCUT2D eigenvalue weighted by atomic mass is 16.5. The van der Waals surface area contributed by atoms with Crippen LogP contribution >= 0.6 is 0 Å². The van der Waals surface area contributed by atoms with E-state index in [-0.39, 0.29) is 29.6 Å². The molecule has 0 atom stereocenters. The first-order valence-corrected chi connectivity index (χ1v) is 10.3. The number of hydrogen-bond acceptors (Lipinski definition) is 6. The Labute approximate surface area is 173 Å². The van der Waals surface area contributed by atoms with E-state index >= 15 is 0 Å². The quantitative estimate of drug-likeness (QED) is 0.699. The fourth-order valence-corrected chi connectivity index (χ4v) is 3.84. The van der Waals surface area contributed by atoms with Crippen molar-refractivity contribution in [3.05, 3.63) is 52.5 Å². The van der Waals surface area contributed by atoms with Crippen molar-refractivity contribution in [2.75, 3.05) is 45.9 Å². The van der Waals surface area contributed by atoms with Crippen molar-refractivity contribution in [3.8, 4) is 5.75 Å². The Bertz CT molecular complexity index is 924. The number of hydrogen-bond donors (Lipinski definition) is 1. The molecule has 2 fully saturated rings. The molecule has 0 aliphatic carbocycles. The molecule has 4 rings (SSSR count). The van der Waals surface area contributed by atoms with E-state index in [1.165, 1.54) is 23.5 Å². The standard InChI is InChI=1S/C21H25N3O6/c25-17-12-16(29-14-19(17)30-15-20(26)23-5-1-2-6-23)13-22-7-9-24(10-8-22)21(27)18-4-3-11-28-18/h3-4,11-12,14H,1-2,5-10,13,15H2/p+1. The van der Waals surface area contributed by atoms with Crippen LogP contribution in [0.2, 0.25) is 0 Å². The fourth-order valence-electron chi connectivity index (χ4n) is 3.84. The van der Waals surface area contributed by atoms with Gasteiger partial charge in [-0.2, -0.15) is 0 Å². The maximum atomic E-state index is 12.3. The monoisotopic (exact) mass is 416 g/mol. The summed E-state index contributed by atoms with van der Waals surface area (Å²) < 4.78 is 16.1. The smallest absolute Gasteiger partial charge is 0.289 e. The molecule has 9 nitrogen and oxygen atoms in total. The largest absolute Gasteiger partial charge is 0.477 e. The minimum Gasteiger partial charge on any atom is -0.477 e. The van der Waals surface area contributed by atoms with Gasteiger partial charge < -0.3 is 28.3 Å². The summed E-state index contributed by atoms with van der Waals surface area (Å²) in [6, 6.07) is 4.79. The van der Waals surface area contributed by atoms with Crippen LogP contribution in [0, 0.1) is 0 Å². The molecular weight excluding hydrogens is 390 g/mol. The predicted octanol–water partition coefficient (Wildman–Crippen LogP) is -0.225. The third-order valence-corrected chi connectivity index (χ3v) is 5.58. The third kappa shape index (κ3) is 4.73. The van der Waals surface area contributed by atoms with Crippen molar-refractivity contribution in [3.63, 3.8) is 0 Å². The molecule has 2 aliphatic heterocycles. The van der Waals surface area contributed by atoms with Gasteiger partial charge in [-0.3, -0.25) is 14.4 Å². The third-order valence-electron chi connectivity index (χ3n) is 5.58. The highest BCUT2D eigenvalue weighted by molar-refractivity contribution is 5.91. The second kappa shape index (κ2) is 9.17. The van der Waals surface area contributed by atoms with E-state index in [1.54, 1.807) is 21.9 Å². The number of quaternary nitrogens is 1. The number of rotatable bonds is 6. The lowest BCUT2D eigenvalue weighted by molar-refractivity contribution is -0.918. The van der Waals surface area contributed by atoms with Crippen LogP contribution in [-0.2, 0) is 11.3 Å². The first-order chi connectivity index (χ1) is 14.6. The number of carbonyl (C=O) groups is 2. The lowest BCUT2D eigenvalue weighted by Crippen LogP contribution is -3.13. The van der Waals surface area contributed by atoms with E-state index < -0.39 is 0 Å². The fraction of sp³-hybridized carbons (Fsp3) is 0.476. The van der Waals surface area contributed by atoms with Gasteiger partial charge in [-0.25, -0.2) is 0 Å². The Morgan fingerprint density at radius 2 is 1.83 bits per heavy atom. The number of ether oxygens (including phenoxy) is 1. The molecular formula is C21H26N3O6+. The van der Waals surface area contributed by atoms with Gasteiger partial charge in [0, 0.05) is 19.2 Å². The van der Waals surface area contributed by atoms with E-state index in [4.69, 9.17) is 13.6 Å². The van der Waals surface area contributed by atoms with Crippen LogP contribution in [0.25, 0.3) is 0 Å². The Kier molecular flexibility index (Phi) is 6.18. The minimum absolute atomic E-state index is 0.0511. The molecule has 0 radical (unpaired) electrons. The van der Waals surface area contributed by atoms with E-state index in [0.717, 1.165) is 39.0 Å². The Hall–Kier alpha value is -3.07. The summed E-state index contributed by atoms with van der Waals surface area (Å²) in [7, 11) is 0. The minimum atomic E-state index is -0.295. The molecule has 2 saturated heterocycles. The van der Waals surface area contributed by atoms with Gasteiger partial charge in [0.05, 0.1) is 32.4 Å². The number of carbonyl (C=O) groups excluding carboxylic acids is 2. The number of nitrogens with zero attached hydrogens (tertiary/aromatic N) is 2. The zero-order valence-electron chi connectivity index (χ0n) is 16.8. The van der Waals surface area contributed by atoms with Crippen LogP contribution in [0.1, 0.15) is 29.2 Å². The summed E-state index contributed by atoms with van der Waals surface area (Å²) >= 11 is 0. The molecule has 2 amide bonds. The van der Waals surface area contributed by atoms with Crippen molar-refractivity contribution < 1.29 is 28.1 Å². The van der Waals surface area contributed by atoms with Gasteiger partial charge in [0.2, 0.25) is 11.2 Å². The van der Waals surface area contributed by atoms with Crippen molar-refractivity contribution in [1.29, 1.82) is 0 Å². The number of nitrogens with one attached hydrogen (secondary N) is 1. The van der Waals surface area contributed by atoms with Gasteiger partial charge in [0.1, 0.15) is 12.8 Å². The molecule has 2 aromatic rings. The lowest BCUT2D eigenvalue weighted by atomic mass is 10.2. The van der Waals surface area contributed by atoms with Crippen molar-refractivity contribution in [2.45, 2.75) is 19.4 Å². The van der Waals surface area contributed by atoms with Crippen LogP contribution in [0.15, 0.2) is 44.4 Å². The lowest BCUT2D eigenvalue weighted by Gasteiger charge is -2.31. The molecule has 4 heterocycles. The van der Waals surface area contributed by atoms with Crippen LogP contribution in [0.4, 0.5) is 0 Å². The average molecular weight is 416 g/mol. The molecule has 1 N–H and O–H groups in total. The van der Waals surface area contributed by atoms with Gasteiger partial charge in [0.15, 0.2) is 18.1 Å². The summed E-state index contributed by atoms with van der Waals surface area (Å²) in [6.07, 6.45) is 4.80. The number of likely N-dealkylation sites (tertiary alicyclic amines) is 1. The normalized spacial score (nSPS) is 17.3. The highest BCUT2D eigenvalue weighted by Crippen LogP contribution is 2.10. The van der Waals surface area contributed by atoms with Crippen LogP contribution in [0.5, 0.6) is 5.75 Å². The molecule has 0 saturated carbocycles. The van der Waals surface area contributed by atoms with Gasteiger partial charge in [0.25, 0.3) is 11.8 Å². The Morgan fingerprint density at radius 1 is 1.07 bits per heavy atom. The maximum absolute atomic E-state index is 12.3. The van der Waals surface area contributed by atoms with Crippen molar-refractivity contribution >= 4 is 11.8 Å². The predicted molar refractivity (Wildman–Crippen MR) is 105 cm³/mol. The zero-order valence-corrected chi connectivity index (χ0v) is 16.8. The van der Waals surface area contributed by atoms with Crippen LogP contribution in [-0.4, -0.2) is 67.5 Å². The Morgan fingerprint density at radius 3 is 2.50 bits per heavy atom. The highest BCUT2D eigenvalue weighted by Gasteiger charge is 2.26. The van der Waals surface area contributed by atoms with Gasteiger partial charge >= 0.3 is 0 Å². The van der Waals surface area contributed by atoms with Gasteiger partial charge in [-0.05, 0) is 25.0 Å². The summed E-state index contributed by atoms with van der Waals surface area (Å²) in [5.74, 6) is 0.746. The van der Waals surface area contributed by atoms with Gasteiger partial charge in [-0.15, -0.1) is 0 Å². The van der Waals surface area contributed by atoms with Crippen molar-refractivity contribution in [1.82, 2.24) is 9.80 Å². The molecule has 2 aromatic heterocycles. The average Bonchev–Trinajstić information content (AvgIpc) is 3.47. The van der Waals surface area contributed by atoms with E-state index in [1.807, 2.05) is 0 Å². The molecule has 0 bridgehead atoms. The Balaban J connectivity index is 1.26. The second-order valence-electron chi connectivity index (χ2n) is 7.65. The van der Waals surface area contributed by atoms with Crippen LogP contribution < -0.4 is 15.1 Å². The topological polar surface area (TPSA) is 97.6 Å². The second-order valence-corrected chi connectivity index (χ2v) is 7.65. The summed E-state index contributed by atoms with van der Waals surface area (Å²) in [5, 5.41) is 0. The molecule has 9 heteroatoms. The van der Waals surface area contributed by atoms with Crippen LogP contribution in [0.3, 0.4) is 0 Å². The summed E-state index contributed by atoms with van der Waals surface area (Å²) in [5.41, 5.74) is -0.295. The number of furan rings is 1. The molecule has 0 unspecified atom stereocenters. The summed E-state index contributed by atoms with van der Waals surface area (Å²) in [6.45, 7) is 4.61. The molecule has 2 aliphatic rings. The van der Waals surface area contributed by atoms with Crippen molar-refractivity contribution in [2.24, 2.45) is 0 Å².